The molecule has 0 saturated heterocycles. The van der Waals surface area contributed by atoms with Gasteiger partial charge in [-0.1, -0.05) is 41.7 Å². The van der Waals surface area contributed by atoms with Gasteiger partial charge in [-0.05, 0) is 43.4 Å². The molecule has 8 heteroatoms. The Morgan fingerprint density at radius 1 is 1.08 bits per heavy atom. The second-order valence-electron chi connectivity index (χ2n) is 5.63. The number of carbonyl (C=O) groups is 1. The fourth-order valence-electron chi connectivity index (χ4n) is 2.73. The van der Waals surface area contributed by atoms with Crippen LogP contribution in [0.2, 0.25) is 0 Å². The Balaban J connectivity index is 1.49. The van der Waals surface area contributed by atoms with Crippen LogP contribution < -0.4 is 16.2 Å². The number of hydrazine groups is 1. The number of thiazole rings is 1. The first-order valence-electron chi connectivity index (χ1n) is 7.92. The van der Waals surface area contributed by atoms with Gasteiger partial charge in [-0.2, -0.15) is 0 Å². The molecule has 4 rings (SSSR count). The molecule has 0 spiro atoms. The molecule has 0 aliphatic rings. The highest BCUT2D eigenvalue weighted by Crippen LogP contribution is 2.27. The van der Waals surface area contributed by atoms with Crippen molar-refractivity contribution in [1.29, 1.82) is 0 Å². The molecular weight excluding hydrogens is 366 g/mol. The maximum atomic E-state index is 12.5. The molecule has 0 fully saturated rings. The van der Waals surface area contributed by atoms with Gasteiger partial charge in [0.25, 0.3) is 5.91 Å². The highest BCUT2D eigenvalue weighted by atomic mass is 32.1. The van der Waals surface area contributed by atoms with E-state index in [9.17, 15) is 4.79 Å². The number of para-hydroxylation sites is 3. The zero-order valence-electron chi connectivity index (χ0n) is 13.8. The number of hydrogen-bond donors (Lipinski definition) is 3. The highest BCUT2D eigenvalue weighted by molar-refractivity contribution is 7.80. The van der Waals surface area contributed by atoms with Crippen LogP contribution in [0.15, 0.2) is 54.6 Å². The van der Waals surface area contributed by atoms with Crippen LogP contribution in [0.1, 0.15) is 15.4 Å². The molecule has 4 aromatic rings. The molecule has 0 aliphatic heterocycles. The molecule has 0 atom stereocenters. The van der Waals surface area contributed by atoms with E-state index in [1.807, 2.05) is 65.9 Å². The molecule has 2 aromatic heterocycles. The zero-order chi connectivity index (χ0) is 18.1. The average Bonchev–Trinajstić information content (AvgIpc) is 3.17. The minimum absolute atomic E-state index is 0.251. The third-order valence-corrected chi connectivity index (χ3v) is 5.26. The number of nitrogens with one attached hydrogen (secondary N) is 3. The molecule has 3 N–H and O–H groups in total. The van der Waals surface area contributed by atoms with Crippen molar-refractivity contribution in [3.05, 3.63) is 65.2 Å². The van der Waals surface area contributed by atoms with E-state index in [4.69, 9.17) is 12.2 Å². The van der Waals surface area contributed by atoms with Crippen molar-refractivity contribution in [2.45, 2.75) is 6.92 Å². The Morgan fingerprint density at radius 3 is 2.62 bits per heavy atom. The first-order chi connectivity index (χ1) is 12.6. The van der Waals surface area contributed by atoms with E-state index in [2.05, 4.69) is 21.2 Å². The number of anilines is 1. The van der Waals surface area contributed by atoms with Gasteiger partial charge in [0, 0.05) is 11.4 Å². The Kier molecular flexibility index (Phi) is 4.27. The SMILES string of the molecule is Cc1c(C(=O)NNC(=S)Nc2ccccc2)sc2nc3ccccc3n12. The lowest BCUT2D eigenvalue weighted by Gasteiger charge is -2.11. The molecular formula is C18H15N5OS2. The molecule has 0 radical (unpaired) electrons. The minimum Gasteiger partial charge on any atom is -0.331 e. The predicted molar refractivity (Wildman–Crippen MR) is 109 cm³/mol. The molecule has 2 heterocycles. The van der Waals surface area contributed by atoms with Crippen molar-refractivity contribution in [2.75, 3.05) is 5.32 Å². The molecule has 0 saturated carbocycles. The van der Waals surface area contributed by atoms with E-state index >= 15 is 0 Å². The van der Waals surface area contributed by atoms with Gasteiger partial charge in [0.05, 0.1) is 11.0 Å². The normalized spacial score (nSPS) is 10.8. The van der Waals surface area contributed by atoms with Crippen molar-refractivity contribution in [3.63, 3.8) is 0 Å². The van der Waals surface area contributed by atoms with Crippen molar-refractivity contribution in [2.24, 2.45) is 0 Å². The maximum absolute atomic E-state index is 12.5. The molecule has 130 valence electrons. The van der Waals surface area contributed by atoms with E-state index in [-0.39, 0.29) is 5.91 Å². The number of amides is 1. The number of rotatable bonds is 2. The standard InChI is InChI=1S/C18H15N5OS2/c1-11-15(26-18-20-13-9-5-6-10-14(13)23(11)18)16(24)21-22-17(25)19-12-7-3-2-4-8-12/h2-10H,1H3,(H,21,24)(H2,19,22,25). The zero-order valence-corrected chi connectivity index (χ0v) is 15.4. The van der Waals surface area contributed by atoms with Gasteiger partial charge in [-0.25, -0.2) is 4.98 Å². The van der Waals surface area contributed by atoms with Crippen molar-refractivity contribution in [1.82, 2.24) is 20.2 Å². The van der Waals surface area contributed by atoms with E-state index in [0.29, 0.717) is 9.99 Å². The second-order valence-corrected chi connectivity index (χ2v) is 7.02. The summed E-state index contributed by atoms with van der Waals surface area (Å²) in [6, 6.07) is 17.4. The summed E-state index contributed by atoms with van der Waals surface area (Å²) in [4.78, 5) is 18.5. The largest absolute Gasteiger partial charge is 0.331 e. The van der Waals surface area contributed by atoms with Gasteiger partial charge < -0.3 is 5.32 Å². The number of imidazole rings is 1. The Hall–Kier alpha value is -2.97. The molecule has 2 aromatic carbocycles. The lowest BCUT2D eigenvalue weighted by atomic mass is 10.3. The smallest absolute Gasteiger partial charge is 0.281 e. The van der Waals surface area contributed by atoms with Crippen LogP contribution in [0.25, 0.3) is 16.0 Å². The molecule has 1 amide bonds. The van der Waals surface area contributed by atoms with Crippen LogP contribution in [0.5, 0.6) is 0 Å². The third kappa shape index (κ3) is 3.00. The molecule has 26 heavy (non-hydrogen) atoms. The van der Waals surface area contributed by atoms with Crippen LogP contribution in [0.4, 0.5) is 5.69 Å². The molecule has 0 bridgehead atoms. The number of carbonyl (C=O) groups excluding carboxylic acids is 1. The van der Waals surface area contributed by atoms with Gasteiger partial charge in [0.2, 0.25) is 0 Å². The summed E-state index contributed by atoms with van der Waals surface area (Å²) in [5.74, 6) is -0.251. The van der Waals surface area contributed by atoms with Crippen molar-refractivity contribution >= 4 is 56.3 Å². The number of thiocarbonyl (C=S) groups is 1. The topological polar surface area (TPSA) is 70.5 Å². The first-order valence-corrected chi connectivity index (χ1v) is 9.15. The summed E-state index contributed by atoms with van der Waals surface area (Å²) < 4.78 is 2.00. The van der Waals surface area contributed by atoms with Crippen LogP contribution in [0.3, 0.4) is 0 Å². The predicted octanol–water partition coefficient (Wildman–Crippen LogP) is 3.49. The first kappa shape index (κ1) is 16.5. The number of aryl methyl sites for hydroxylation is 1. The van der Waals surface area contributed by atoms with Gasteiger partial charge >= 0.3 is 0 Å². The fourth-order valence-corrected chi connectivity index (χ4v) is 3.93. The van der Waals surface area contributed by atoms with Crippen LogP contribution in [-0.4, -0.2) is 20.4 Å². The number of aromatic nitrogens is 2. The lowest BCUT2D eigenvalue weighted by Crippen LogP contribution is -2.43. The molecule has 6 nitrogen and oxygen atoms in total. The highest BCUT2D eigenvalue weighted by Gasteiger charge is 2.18. The monoisotopic (exact) mass is 381 g/mol. The fraction of sp³-hybridized carbons (Fsp3) is 0.0556. The van der Waals surface area contributed by atoms with Crippen LogP contribution in [0, 0.1) is 6.92 Å². The average molecular weight is 381 g/mol. The number of fused-ring (bicyclic) bond motifs is 3. The number of nitrogens with zero attached hydrogens (tertiary/aromatic N) is 2. The Morgan fingerprint density at radius 2 is 1.81 bits per heavy atom. The van der Waals surface area contributed by atoms with Crippen LogP contribution in [-0.2, 0) is 0 Å². The summed E-state index contributed by atoms with van der Waals surface area (Å²) in [6.45, 7) is 1.91. The van der Waals surface area contributed by atoms with Crippen molar-refractivity contribution < 1.29 is 4.79 Å². The van der Waals surface area contributed by atoms with Gasteiger partial charge in [-0.3, -0.25) is 20.0 Å². The minimum atomic E-state index is -0.251. The van der Waals surface area contributed by atoms with Gasteiger partial charge in [0.1, 0.15) is 4.88 Å². The van der Waals surface area contributed by atoms with Crippen LogP contribution >= 0.6 is 23.6 Å². The Bertz CT molecular complexity index is 1120. The summed E-state index contributed by atoms with van der Waals surface area (Å²) in [5, 5.41) is 3.31. The van der Waals surface area contributed by atoms with E-state index in [1.54, 1.807) is 0 Å². The molecule has 0 unspecified atom stereocenters. The van der Waals surface area contributed by atoms with Crippen molar-refractivity contribution in [3.8, 4) is 0 Å². The van der Waals surface area contributed by atoms with Gasteiger partial charge in [0.15, 0.2) is 10.1 Å². The Labute approximate surface area is 158 Å². The number of benzene rings is 2. The maximum Gasteiger partial charge on any atom is 0.281 e. The third-order valence-electron chi connectivity index (χ3n) is 3.91. The van der Waals surface area contributed by atoms with E-state index in [1.165, 1.54) is 11.3 Å². The number of hydrogen-bond acceptors (Lipinski definition) is 4. The summed E-state index contributed by atoms with van der Waals surface area (Å²) >= 11 is 6.55. The quantitative estimate of drug-likeness (QED) is 0.366. The van der Waals surface area contributed by atoms with Gasteiger partial charge in [-0.15, -0.1) is 0 Å². The summed E-state index contributed by atoms with van der Waals surface area (Å²) in [5.41, 5.74) is 8.96. The van der Waals surface area contributed by atoms with E-state index < -0.39 is 0 Å². The second kappa shape index (κ2) is 6.74. The van der Waals surface area contributed by atoms with E-state index in [0.717, 1.165) is 27.4 Å². The summed E-state index contributed by atoms with van der Waals surface area (Å²) in [7, 11) is 0. The lowest BCUT2D eigenvalue weighted by molar-refractivity contribution is 0.0947. The summed E-state index contributed by atoms with van der Waals surface area (Å²) in [6.07, 6.45) is 0. The molecule has 0 aliphatic carbocycles.